The number of aromatic nitrogens is 2. The molecule has 11 heteroatoms. The predicted molar refractivity (Wildman–Crippen MR) is 110 cm³/mol. The first-order valence-electron chi connectivity index (χ1n) is 8.23. The van der Waals surface area contributed by atoms with E-state index in [1.807, 2.05) is 0 Å². The molecule has 0 aliphatic heterocycles. The zero-order chi connectivity index (χ0) is 21.1. The van der Waals surface area contributed by atoms with Gasteiger partial charge in [0, 0.05) is 23.7 Å². The summed E-state index contributed by atoms with van der Waals surface area (Å²) in [4.78, 5) is 23.3. The first-order valence-corrected chi connectivity index (χ1v) is 9.37. The molecule has 3 aromatic rings. The van der Waals surface area contributed by atoms with Crippen molar-refractivity contribution < 1.29 is 14.5 Å². The highest BCUT2D eigenvalue weighted by Gasteiger charge is 2.19. The van der Waals surface area contributed by atoms with E-state index in [-0.39, 0.29) is 38.6 Å². The molecular formula is C18H13Cl3N4O4. The maximum absolute atomic E-state index is 12.6. The van der Waals surface area contributed by atoms with Gasteiger partial charge in [0.15, 0.2) is 0 Å². The standard InChI is InChI=1S/C18H13Cl3N4O4/c1-2-24-17(15(21)9-22-24)18(26)23-11-6-12(25(27)28)8-13(7-11)29-16-4-3-10(19)5-14(16)20/h3-9H,2H2,1H3,(H,23,26). The van der Waals surface area contributed by atoms with Crippen LogP contribution in [0, 0.1) is 10.1 Å². The number of nitro benzene ring substituents is 1. The van der Waals surface area contributed by atoms with Gasteiger partial charge in [-0.25, -0.2) is 0 Å². The number of carbonyl (C=O) groups is 1. The van der Waals surface area contributed by atoms with Gasteiger partial charge in [0.1, 0.15) is 17.2 Å². The van der Waals surface area contributed by atoms with Crippen LogP contribution in [-0.2, 0) is 6.54 Å². The molecule has 1 heterocycles. The number of rotatable bonds is 6. The van der Waals surface area contributed by atoms with Crippen LogP contribution in [0.1, 0.15) is 17.4 Å². The molecule has 0 unspecified atom stereocenters. The van der Waals surface area contributed by atoms with Crippen molar-refractivity contribution in [2.45, 2.75) is 13.5 Å². The Morgan fingerprint density at radius 3 is 2.62 bits per heavy atom. The number of nitrogens with one attached hydrogen (secondary N) is 1. The topological polar surface area (TPSA) is 99.3 Å². The fourth-order valence-corrected chi connectivity index (χ4v) is 3.20. The van der Waals surface area contributed by atoms with E-state index < -0.39 is 10.8 Å². The van der Waals surface area contributed by atoms with Crippen LogP contribution in [0.4, 0.5) is 11.4 Å². The SMILES string of the molecule is CCn1ncc(Cl)c1C(=O)Nc1cc(Oc2ccc(Cl)cc2Cl)cc([N+](=O)[O-])c1. The highest BCUT2D eigenvalue weighted by atomic mass is 35.5. The van der Waals surface area contributed by atoms with Crippen molar-refractivity contribution in [2.24, 2.45) is 0 Å². The van der Waals surface area contributed by atoms with Crippen molar-refractivity contribution in [1.82, 2.24) is 9.78 Å². The molecule has 0 spiro atoms. The largest absolute Gasteiger partial charge is 0.455 e. The molecule has 8 nitrogen and oxygen atoms in total. The average molecular weight is 456 g/mol. The summed E-state index contributed by atoms with van der Waals surface area (Å²) < 4.78 is 7.06. The molecule has 0 aliphatic carbocycles. The number of aryl methyl sites for hydroxylation is 1. The summed E-state index contributed by atoms with van der Waals surface area (Å²) in [6.45, 7) is 2.23. The van der Waals surface area contributed by atoms with Crippen LogP contribution < -0.4 is 10.1 Å². The van der Waals surface area contributed by atoms with Gasteiger partial charge in [-0.3, -0.25) is 19.6 Å². The van der Waals surface area contributed by atoms with Gasteiger partial charge in [-0.1, -0.05) is 34.8 Å². The molecule has 3 rings (SSSR count). The molecule has 0 bridgehead atoms. The number of carbonyl (C=O) groups excluding carboxylic acids is 1. The van der Waals surface area contributed by atoms with Crippen LogP contribution in [-0.4, -0.2) is 20.6 Å². The lowest BCUT2D eigenvalue weighted by molar-refractivity contribution is -0.384. The first kappa shape index (κ1) is 20.9. The van der Waals surface area contributed by atoms with Gasteiger partial charge in [0.25, 0.3) is 11.6 Å². The van der Waals surface area contributed by atoms with Gasteiger partial charge in [-0.2, -0.15) is 5.10 Å². The Hall–Kier alpha value is -2.81. The molecule has 0 atom stereocenters. The van der Waals surface area contributed by atoms with Crippen LogP contribution >= 0.6 is 34.8 Å². The monoisotopic (exact) mass is 454 g/mol. The number of nitrogens with zero attached hydrogens (tertiary/aromatic N) is 3. The maximum Gasteiger partial charge on any atom is 0.275 e. The molecule has 0 saturated carbocycles. The number of halogens is 3. The Bertz CT molecular complexity index is 1100. The number of amides is 1. The van der Waals surface area contributed by atoms with Crippen LogP contribution in [0.2, 0.25) is 15.1 Å². The number of anilines is 1. The molecule has 2 aromatic carbocycles. The van der Waals surface area contributed by atoms with E-state index in [4.69, 9.17) is 39.5 Å². The van der Waals surface area contributed by atoms with Gasteiger partial charge in [-0.05, 0) is 25.1 Å². The number of non-ortho nitro benzene ring substituents is 1. The van der Waals surface area contributed by atoms with Crippen molar-refractivity contribution in [2.75, 3.05) is 5.32 Å². The van der Waals surface area contributed by atoms with Gasteiger partial charge < -0.3 is 10.1 Å². The van der Waals surface area contributed by atoms with E-state index >= 15 is 0 Å². The second-order valence-electron chi connectivity index (χ2n) is 5.76. The number of ether oxygens (including phenoxy) is 1. The van der Waals surface area contributed by atoms with Crippen molar-refractivity contribution in [1.29, 1.82) is 0 Å². The number of hydrogen-bond acceptors (Lipinski definition) is 5. The van der Waals surface area contributed by atoms with Crippen LogP contribution in [0.5, 0.6) is 11.5 Å². The molecule has 1 N–H and O–H groups in total. The highest BCUT2D eigenvalue weighted by molar-refractivity contribution is 6.35. The smallest absolute Gasteiger partial charge is 0.275 e. The van der Waals surface area contributed by atoms with Gasteiger partial charge in [0.05, 0.1) is 32.9 Å². The van der Waals surface area contributed by atoms with E-state index in [1.165, 1.54) is 41.2 Å². The summed E-state index contributed by atoms with van der Waals surface area (Å²) >= 11 is 18.0. The summed E-state index contributed by atoms with van der Waals surface area (Å²) in [7, 11) is 0. The van der Waals surface area contributed by atoms with E-state index in [1.54, 1.807) is 13.0 Å². The quantitative estimate of drug-likeness (QED) is 0.373. The lowest BCUT2D eigenvalue weighted by atomic mass is 10.2. The van der Waals surface area contributed by atoms with Crippen molar-refractivity contribution >= 4 is 52.1 Å². The Kier molecular flexibility index (Phi) is 6.26. The minimum Gasteiger partial charge on any atom is -0.455 e. The summed E-state index contributed by atoms with van der Waals surface area (Å²) in [5.74, 6) is -0.208. The molecular weight excluding hydrogens is 443 g/mol. The highest BCUT2D eigenvalue weighted by Crippen LogP contribution is 2.34. The third-order valence-corrected chi connectivity index (χ3v) is 4.60. The third-order valence-electron chi connectivity index (χ3n) is 3.79. The Morgan fingerprint density at radius 1 is 1.21 bits per heavy atom. The summed E-state index contributed by atoms with van der Waals surface area (Å²) in [6, 6.07) is 8.42. The zero-order valence-corrected chi connectivity index (χ0v) is 17.1. The Morgan fingerprint density at radius 2 is 1.97 bits per heavy atom. The molecule has 0 aliphatic rings. The van der Waals surface area contributed by atoms with Crippen molar-refractivity contribution in [3.05, 3.63) is 73.5 Å². The zero-order valence-electron chi connectivity index (χ0n) is 14.9. The second kappa shape index (κ2) is 8.69. The van der Waals surface area contributed by atoms with Crippen LogP contribution in [0.25, 0.3) is 0 Å². The molecule has 29 heavy (non-hydrogen) atoms. The van der Waals surface area contributed by atoms with Crippen LogP contribution in [0.3, 0.4) is 0 Å². The first-order chi connectivity index (χ1) is 13.8. The number of hydrogen-bond donors (Lipinski definition) is 1. The number of nitro groups is 1. The Balaban J connectivity index is 1.93. The van der Waals surface area contributed by atoms with E-state index in [2.05, 4.69) is 10.4 Å². The molecule has 0 fully saturated rings. The summed E-state index contributed by atoms with van der Waals surface area (Å²) in [5.41, 5.74) is 0.00562. The van der Waals surface area contributed by atoms with Crippen molar-refractivity contribution in [3.63, 3.8) is 0 Å². The normalized spacial score (nSPS) is 10.6. The predicted octanol–water partition coefficient (Wildman–Crippen LogP) is 5.82. The molecule has 150 valence electrons. The minimum absolute atomic E-state index is 0.105. The Labute approximate surface area is 180 Å². The third kappa shape index (κ3) is 4.79. The lowest BCUT2D eigenvalue weighted by Gasteiger charge is -2.11. The van der Waals surface area contributed by atoms with Crippen LogP contribution in [0.15, 0.2) is 42.6 Å². The minimum atomic E-state index is -0.602. The van der Waals surface area contributed by atoms with Crippen molar-refractivity contribution in [3.8, 4) is 11.5 Å². The lowest BCUT2D eigenvalue weighted by Crippen LogP contribution is -2.18. The van der Waals surface area contributed by atoms with Gasteiger partial charge in [-0.15, -0.1) is 0 Å². The summed E-state index contributed by atoms with van der Waals surface area (Å²) in [6.07, 6.45) is 1.35. The van der Waals surface area contributed by atoms with Gasteiger partial charge in [0.2, 0.25) is 0 Å². The van der Waals surface area contributed by atoms with E-state index in [0.29, 0.717) is 11.6 Å². The molecule has 1 aromatic heterocycles. The van der Waals surface area contributed by atoms with Gasteiger partial charge >= 0.3 is 0 Å². The molecule has 0 saturated heterocycles. The number of benzene rings is 2. The molecule has 1 amide bonds. The average Bonchev–Trinajstić information content (AvgIpc) is 3.04. The molecule has 0 radical (unpaired) electrons. The van der Waals surface area contributed by atoms with E-state index in [9.17, 15) is 14.9 Å². The fraction of sp³-hybridized carbons (Fsp3) is 0.111. The summed E-state index contributed by atoms with van der Waals surface area (Å²) in [5, 5.41) is 18.7. The fourth-order valence-electron chi connectivity index (χ4n) is 2.52. The maximum atomic E-state index is 12.6. The van der Waals surface area contributed by atoms with E-state index in [0.717, 1.165) is 0 Å². The second-order valence-corrected chi connectivity index (χ2v) is 7.01.